The summed E-state index contributed by atoms with van der Waals surface area (Å²) in [4.78, 5) is 5.11. The van der Waals surface area contributed by atoms with E-state index in [0.29, 0.717) is 6.04 Å². The van der Waals surface area contributed by atoms with Gasteiger partial charge in [-0.05, 0) is 7.05 Å². The fourth-order valence-electron chi connectivity index (χ4n) is 2.02. The van der Waals surface area contributed by atoms with Gasteiger partial charge in [-0.25, -0.2) is 0 Å². The maximum atomic E-state index is 3.47. The van der Waals surface area contributed by atoms with Crippen molar-refractivity contribution in [1.29, 1.82) is 0 Å². The first kappa shape index (κ1) is 13.9. The molecule has 1 rings (SSSR count). The quantitative estimate of drug-likeness (QED) is 0.633. The molecule has 0 aliphatic carbocycles. The van der Waals surface area contributed by atoms with E-state index in [2.05, 4.69) is 34.3 Å². The second-order valence-electron chi connectivity index (χ2n) is 4.90. The van der Waals surface area contributed by atoms with Crippen LogP contribution in [-0.2, 0) is 0 Å². The number of rotatable bonds is 7. The summed E-state index contributed by atoms with van der Waals surface area (Å²) in [5, 5.41) is 6.68. The highest BCUT2D eigenvalue weighted by molar-refractivity contribution is 4.73. The number of nitrogens with one attached hydrogen (secondary N) is 2. The molecule has 0 unspecified atom stereocenters. The first-order valence-electron chi connectivity index (χ1n) is 6.55. The molecule has 0 amide bonds. The number of likely N-dealkylation sites (N-methyl/N-ethyl adjacent to an activating group) is 1. The molecule has 0 saturated carbocycles. The van der Waals surface area contributed by atoms with Crippen molar-refractivity contribution in [3.05, 3.63) is 0 Å². The summed E-state index contributed by atoms with van der Waals surface area (Å²) in [5.41, 5.74) is 0. The van der Waals surface area contributed by atoms with Crippen LogP contribution in [0.5, 0.6) is 0 Å². The first-order chi connectivity index (χ1) is 7.72. The lowest BCUT2D eigenvalue weighted by Gasteiger charge is -2.34. The zero-order chi connectivity index (χ0) is 11.8. The summed E-state index contributed by atoms with van der Waals surface area (Å²) >= 11 is 0. The Morgan fingerprint density at radius 3 is 1.88 bits per heavy atom. The summed E-state index contributed by atoms with van der Waals surface area (Å²) in [5.74, 6) is 0. The summed E-state index contributed by atoms with van der Waals surface area (Å²) in [7, 11) is 2.02. The molecule has 0 aromatic carbocycles. The van der Waals surface area contributed by atoms with Gasteiger partial charge in [-0.1, -0.05) is 13.8 Å². The molecule has 16 heavy (non-hydrogen) atoms. The SMILES string of the molecule is CNCCN1CCN(CCNC(C)C)CC1. The van der Waals surface area contributed by atoms with Gasteiger partial charge >= 0.3 is 0 Å². The van der Waals surface area contributed by atoms with E-state index in [9.17, 15) is 0 Å². The zero-order valence-electron chi connectivity index (χ0n) is 11.1. The van der Waals surface area contributed by atoms with E-state index in [1.165, 1.54) is 39.3 Å². The van der Waals surface area contributed by atoms with Gasteiger partial charge in [-0.2, -0.15) is 0 Å². The monoisotopic (exact) mass is 228 g/mol. The molecule has 1 fully saturated rings. The smallest absolute Gasteiger partial charge is 0.0110 e. The van der Waals surface area contributed by atoms with Gasteiger partial charge in [0.05, 0.1) is 0 Å². The molecule has 1 saturated heterocycles. The second-order valence-corrected chi connectivity index (χ2v) is 4.90. The molecule has 0 aromatic heterocycles. The van der Waals surface area contributed by atoms with Crippen LogP contribution in [0, 0.1) is 0 Å². The van der Waals surface area contributed by atoms with E-state index < -0.39 is 0 Å². The molecule has 96 valence electrons. The molecule has 0 bridgehead atoms. The minimum absolute atomic E-state index is 0.608. The number of hydrogen-bond acceptors (Lipinski definition) is 4. The van der Waals surface area contributed by atoms with E-state index in [4.69, 9.17) is 0 Å². The van der Waals surface area contributed by atoms with Crippen molar-refractivity contribution in [3.63, 3.8) is 0 Å². The number of hydrogen-bond donors (Lipinski definition) is 2. The highest BCUT2D eigenvalue weighted by Crippen LogP contribution is 2.00. The molecule has 4 heteroatoms. The fourth-order valence-corrected chi connectivity index (χ4v) is 2.02. The van der Waals surface area contributed by atoms with Crippen LogP contribution in [0.25, 0.3) is 0 Å². The normalized spacial score (nSPS) is 19.5. The van der Waals surface area contributed by atoms with E-state index in [1.54, 1.807) is 0 Å². The van der Waals surface area contributed by atoms with Crippen molar-refractivity contribution in [3.8, 4) is 0 Å². The van der Waals surface area contributed by atoms with Crippen molar-refractivity contribution in [2.24, 2.45) is 0 Å². The third-order valence-electron chi connectivity index (χ3n) is 3.12. The van der Waals surface area contributed by atoms with Crippen LogP contribution in [0.15, 0.2) is 0 Å². The minimum atomic E-state index is 0.608. The van der Waals surface area contributed by atoms with Crippen LogP contribution in [-0.4, -0.2) is 75.2 Å². The molecule has 1 heterocycles. The Balaban J connectivity index is 2.03. The van der Waals surface area contributed by atoms with Crippen LogP contribution >= 0.6 is 0 Å². The maximum absolute atomic E-state index is 3.47. The Morgan fingerprint density at radius 1 is 0.938 bits per heavy atom. The van der Waals surface area contributed by atoms with Gasteiger partial charge in [-0.3, -0.25) is 9.80 Å². The second kappa shape index (κ2) is 8.01. The Hall–Kier alpha value is -0.160. The number of piperazine rings is 1. The van der Waals surface area contributed by atoms with Crippen LogP contribution < -0.4 is 10.6 Å². The van der Waals surface area contributed by atoms with Crippen LogP contribution in [0.4, 0.5) is 0 Å². The van der Waals surface area contributed by atoms with Gasteiger partial charge in [0, 0.05) is 58.4 Å². The lowest BCUT2D eigenvalue weighted by atomic mass is 10.3. The molecule has 0 atom stereocenters. The van der Waals surface area contributed by atoms with Crippen molar-refractivity contribution in [2.75, 3.05) is 59.4 Å². The highest BCUT2D eigenvalue weighted by atomic mass is 15.3. The third kappa shape index (κ3) is 5.80. The standard InChI is InChI=1S/C12H28N4/c1-12(2)14-5-7-16-10-8-15(9-11-16)6-4-13-3/h12-14H,4-11H2,1-3H3. The summed E-state index contributed by atoms with van der Waals surface area (Å²) < 4.78 is 0. The van der Waals surface area contributed by atoms with E-state index >= 15 is 0 Å². The average molecular weight is 228 g/mol. The Bertz CT molecular complexity index is 164. The van der Waals surface area contributed by atoms with Gasteiger partial charge in [0.2, 0.25) is 0 Å². The Kier molecular flexibility index (Phi) is 6.96. The van der Waals surface area contributed by atoms with Gasteiger partial charge in [0.25, 0.3) is 0 Å². The summed E-state index contributed by atoms with van der Waals surface area (Å²) in [6.07, 6.45) is 0. The van der Waals surface area contributed by atoms with Gasteiger partial charge < -0.3 is 10.6 Å². The molecule has 1 aliphatic rings. The largest absolute Gasteiger partial charge is 0.318 e. The highest BCUT2D eigenvalue weighted by Gasteiger charge is 2.15. The summed E-state index contributed by atoms with van der Waals surface area (Å²) in [6.45, 7) is 13.9. The van der Waals surface area contributed by atoms with Gasteiger partial charge in [0.1, 0.15) is 0 Å². The predicted molar refractivity (Wildman–Crippen MR) is 69.9 cm³/mol. The molecule has 0 spiro atoms. The van der Waals surface area contributed by atoms with Crippen LogP contribution in [0.3, 0.4) is 0 Å². The predicted octanol–water partition coefficient (Wildman–Crippen LogP) is -0.179. The molecule has 0 radical (unpaired) electrons. The van der Waals surface area contributed by atoms with Crippen LogP contribution in [0.2, 0.25) is 0 Å². The Labute approximate surface area is 100 Å². The first-order valence-corrected chi connectivity index (χ1v) is 6.55. The number of nitrogens with zero attached hydrogens (tertiary/aromatic N) is 2. The van der Waals surface area contributed by atoms with E-state index in [1.807, 2.05) is 7.05 Å². The molecular weight excluding hydrogens is 200 g/mol. The van der Waals surface area contributed by atoms with Crippen LogP contribution in [0.1, 0.15) is 13.8 Å². The third-order valence-corrected chi connectivity index (χ3v) is 3.12. The zero-order valence-corrected chi connectivity index (χ0v) is 11.1. The lowest BCUT2D eigenvalue weighted by molar-refractivity contribution is 0.133. The van der Waals surface area contributed by atoms with Crippen molar-refractivity contribution in [2.45, 2.75) is 19.9 Å². The maximum Gasteiger partial charge on any atom is 0.0110 e. The Morgan fingerprint density at radius 2 is 1.44 bits per heavy atom. The minimum Gasteiger partial charge on any atom is -0.318 e. The molecule has 4 nitrogen and oxygen atoms in total. The van der Waals surface area contributed by atoms with Crippen molar-refractivity contribution < 1.29 is 0 Å². The van der Waals surface area contributed by atoms with E-state index in [0.717, 1.165) is 13.1 Å². The molecule has 0 aromatic rings. The topological polar surface area (TPSA) is 30.5 Å². The fraction of sp³-hybridized carbons (Fsp3) is 1.00. The van der Waals surface area contributed by atoms with E-state index in [-0.39, 0.29) is 0 Å². The van der Waals surface area contributed by atoms with Crippen molar-refractivity contribution in [1.82, 2.24) is 20.4 Å². The lowest BCUT2D eigenvalue weighted by Crippen LogP contribution is -2.49. The van der Waals surface area contributed by atoms with Gasteiger partial charge in [0.15, 0.2) is 0 Å². The molecule has 2 N–H and O–H groups in total. The van der Waals surface area contributed by atoms with Crippen molar-refractivity contribution >= 4 is 0 Å². The molecule has 1 aliphatic heterocycles. The average Bonchev–Trinajstić information content (AvgIpc) is 2.27. The molecular formula is C12H28N4. The summed E-state index contributed by atoms with van der Waals surface area (Å²) in [6, 6.07) is 0.608. The van der Waals surface area contributed by atoms with Gasteiger partial charge in [-0.15, -0.1) is 0 Å².